The second-order valence-corrected chi connectivity index (χ2v) is 9.54. The van der Waals surface area contributed by atoms with E-state index in [2.05, 4.69) is 0 Å². The molecule has 31 heavy (non-hydrogen) atoms. The van der Waals surface area contributed by atoms with Crippen LogP contribution < -0.4 is 5.73 Å². The van der Waals surface area contributed by atoms with E-state index in [9.17, 15) is 4.79 Å². The van der Waals surface area contributed by atoms with Crippen LogP contribution in [-0.4, -0.2) is 17.6 Å². The molecule has 1 amide bonds. The highest BCUT2D eigenvalue weighted by Gasteiger charge is 1.97. The van der Waals surface area contributed by atoms with Gasteiger partial charge in [-0.2, -0.15) is 0 Å². The maximum Gasteiger partial charge on any atom is 0.244 e. The molecule has 0 aliphatic carbocycles. The highest BCUT2D eigenvalue weighted by atomic mass is 16.2. The molecular weight excluding hydrogens is 382 g/mol. The normalized spacial score (nSPS) is 11.9. The fourth-order valence-electron chi connectivity index (χ4n) is 4.21. The predicted molar refractivity (Wildman–Crippen MR) is 136 cm³/mol. The minimum atomic E-state index is -0.288. The summed E-state index contributed by atoms with van der Waals surface area (Å²) in [6.45, 7) is 2.16. The topological polar surface area (TPSA) is 63.3 Å². The van der Waals surface area contributed by atoms with Gasteiger partial charge in [0.25, 0.3) is 0 Å². The van der Waals surface area contributed by atoms with Crippen LogP contribution in [0, 0.1) is 0 Å². The Morgan fingerprint density at radius 1 is 0.548 bits per heavy atom. The van der Waals surface area contributed by atoms with Gasteiger partial charge >= 0.3 is 0 Å². The van der Waals surface area contributed by atoms with Gasteiger partial charge in [-0.1, -0.05) is 134 Å². The number of aliphatic hydroxyl groups is 1. The van der Waals surface area contributed by atoms with Crippen molar-refractivity contribution in [2.24, 2.45) is 5.73 Å². The summed E-state index contributed by atoms with van der Waals surface area (Å²) in [6, 6.07) is 0. The molecule has 0 aromatic heterocycles. The molecule has 0 fully saturated rings. The van der Waals surface area contributed by atoms with Crippen molar-refractivity contribution < 1.29 is 9.90 Å². The molecule has 3 heteroatoms. The Bertz CT molecular complexity index is 406. The van der Waals surface area contributed by atoms with Gasteiger partial charge in [-0.3, -0.25) is 4.79 Å². The van der Waals surface area contributed by atoms with E-state index < -0.39 is 0 Å². The molecule has 0 aromatic rings. The van der Waals surface area contributed by atoms with E-state index in [-0.39, 0.29) is 5.91 Å². The third-order valence-corrected chi connectivity index (χ3v) is 6.45. The van der Waals surface area contributed by atoms with Crippen LogP contribution in [0.2, 0.25) is 0 Å². The molecule has 0 bridgehead atoms. The van der Waals surface area contributed by atoms with Crippen LogP contribution in [0.15, 0.2) is 11.6 Å². The molecular formula is C28H55NO2. The van der Waals surface area contributed by atoms with E-state index in [0.29, 0.717) is 12.2 Å². The van der Waals surface area contributed by atoms with Crippen molar-refractivity contribution in [1.82, 2.24) is 0 Å². The Hall–Kier alpha value is -0.830. The first-order valence-corrected chi connectivity index (χ1v) is 13.8. The highest BCUT2D eigenvalue weighted by molar-refractivity contribution is 5.91. The van der Waals surface area contributed by atoms with Crippen LogP contribution in [0.5, 0.6) is 0 Å². The molecule has 0 heterocycles. The number of unbranched alkanes of at least 4 members (excludes halogenated alkanes) is 22. The van der Waals surface area contributed by atoms with Crippen molar-refractivity contribution in [2.45, 2.75) is 155 Å². The number of nitrogens with two attached hydrogens (primary N) is 1. The van der Waals surface area contributed by atoms with Crippen molar-refractivity contribution in [3.63, 3.8) is 0 Å². The molecule has 0 unspecified atom stereocenters. The number of amides is 1. The Morgan fingerprint density at radius 2 is 0.806 bits per heavy atom. The summed E-state index contributed by atoms with van der Waals surface area (Å²) in [7, 11) is 0. The van der Waals surface area contributed by atoms with Crippen LogP contribution in [0.4, 0.5) is 0 Å². The second kappa shape index (κ2) is 25.4. The number of hydrogen-bond donors (Lipinski definition) is 2. The zero-order valence-electron chi connectivity index (χ0n) is 21.0. The van der Waals surface area contributed by atoms with Crippen molar-refractivity contribution in [2.75, 3.05) is 6.61 Å². The second-order valence-electron chi connectivity index (χ2n) is 9.54. The minimum absolute atomic E-state index is 0.288. The number of carbonyl (C=O) groups excluding carboxylic acids is 1. The van der Waals surface area contributed by atoms with Crippen molar-refractivity contribution >= 4 is 5.91 Å². The highest BCUT2D eigenvalue weighted by Crippen LogP contribution is 2.15. The Morgan fingerprint density at radius 3 is 1.06 bits per heavy atom. The van der Waals surface area contributed by atoms with E-state index in [1.165, 1.54) is 135 Å². The Kier molecular flexibility index (Phi) is 24.7. The Balaban J connectivity index is 3.08. The summed E-state index contributed by atoms with van der Waals surface area (Å²) < 4.78 is 0. The van der Waals surface area contributed by atoms with Crippen molar-refractivity contribution in [3.05, 3.63) is 11.6 Å². The van der Waals surface area contributed by atoms with Crippen LogP contribution >= 0.6 is 0 Å². The molecule has 0 spiro atoms. The fourth-order valence-corrected chi connectivity index (χ4v) is 4.21. The summed E-state index contributed by atoms with van der Waals surface area (Å²) in [5.74, 6) is -0.288. The summed E-state index contributed by atoms with van der Waals surface area (Å²) >= 11 is 0. The SMILES string of the molecule is C/C(=C\CCCCCCCCCCCCCCCCCCCCCCCCO)C(N)=O. The zero-order chi connectivity index (χ0) is 22.8. The first-order chi connectivity index (χ1) is 15.2. The van der Waals surface area contributed by atoms with Gasteiger partial charge < -0.3 is 10.8 Å². The monoisotopic (exact) mass is 437 g/mol. The lowest BCUT2D eigenvalue weighted by atomic mass is 10.0. The molecule has 0 aromatic carbocycles. The number of hydrogen-bond acceptors (Lipinski definition) is 2. The van der Waals surface area contributed by atoms with Gasteiger partial charge in [0.15, 0.2) is 0 Å². The smallest absolute Gasteiger partial charge is 0.244 e. The summed E-state index contributed by atoms with van der Waals surface area (Å²) in [5.41, 5.74) is 5.92. The molecule has 0 saturated heterocycles. The van der Waals surface area contributed by atoms with E-state index in [4.69, 9.17) is 10.8 Å². The average molecular weight is 438 g/mol. The largest absolute Gasteiger partial charge is 0.396 e. The van der Waals surface area contributed by atoms with Crippen LogP contribution in [0.1, 0.15) is 155 Å². The summed E-state index contributed by atoms with van der Waals surface area (Å²) in [4.78, 5) is 10.9. The summed E-state index contributed by atoms with van der Waals surface area (Å²) in [6.07, 6.45) is 32.9. The number of primary amides is 1. The third-order valence-electron chi connectivity index (χ3n) is 6.45. The van der Waals surface area contributed by atoms with E-state index >= 15 is 0 Å². The lowest BCUT2D eigenvalue weighted by molar-refractivity contribution is -0.114. The van der Waals surface area contributed by atoms with E-state index in [1.807, 2.05) is 6.08 Å². The lowest BCUT2D eigenvalue weighted by Gasteiger charge is -2.04. The van der Waals surface area contributed by atoms with Gasteiger partial charge in [0.1, 0.15) is 0 Å². The van der Waals surface area contributed by atoms with Crippen LogP contribution in [0.3, 0.4) is 0 Å². The van der Waals surface area contributed by atoms with E-state index in [0.717, 1.165) is 12.8 Å². The molecule has 184 valence electrons. The first kappa shape index (κ1) is 30.2. The van der Waals surface area contributed by atoms with Gasteiger partial charge in [0.05, 0.1) is 0 Å². The van der Waals surface area contributed by atoms with E-state index in [1.54, 1.807) is 6.92 Å². The zero-order valence-corrected chi connectivity index (χ0v) is 21.0. The Labute approximate surface area is 194 Å². The minimum Gasteiger partial charge on any atom is -0.396 e. The molecule has 3 N–H and O–H groups in total. The van der Waals surface area contributed by atoms with Crippen molar-refractivity contribution in [1.29, 1.82) is 0 Å². The van der Waals surface area contributed by atoms with Gasteiger partial charge in [0.2, 0.25) is 5.91 Å². The summed E-state index contributed by atoms with van der Waals surface area (Å²) in [5, 5.41) is 8.75. The van der Waals surface area contributed by atoms with Gasteiger partial charge in [-0.05, 0) is 26.2 Å². The number of carbonyl (C=O) groups is 1. The molecule has 0 atom stereocenters. The van der Waals surface area contributed by atoms with Gasteiger partial charge in [0, 0.05) is 12.2 Å². The van der Waals surface area contributed by atoms with Gasteiger partial charge in [-0.25, -0.2) is 0 Å². The molecule has 0 radical (unpaired) electrons. The molecule has 0 aliphatic rings. The van der Waals surface area contributed by atoms with Gasteiger partial charge in [-0.15, -0.1) is 0 Å². The standard InChI is InChI=1S/C28H55NO2/c1-27(28(29)31)25-23-21-19-17-15-13-11-9-7-5-3-2-4-6-8-10-12-14-16-18-20-22-24-26-30/h25,30H,2-24,26H2,1H3,(H2,29,31)/b27-25+. The third kappa shape index (κ3) is 25.3. The number of allylic oxidation sites excluding steroid dienone is 1. The van der Waals surface area contributed by atoms with Crippen molar-refractivity contribution in [3.8, 4) is 0 Å². The average Bonchev–Trinajstić information content (AvgIpc) is 2.76. The molecule has 0 rings (SSSR count). The van der Waals surface area contributed by atoms with Crippen LogP contribution in [-0.2, 0) is 4.79 Å². The first-order valence-electron chi connectivity index (χ1n) is 13.8. The predicted octanol–water partition coefficient (Wildman–Crippen LogP) is 8.38. The fraction of sp³-hybridized carbons (Fsp3) is 0.893. The van der Waals surface area contributed by atoms with Crippen LogP contribution in [0.25, 0.3) is 0 Å². The molecule has 0 saturated carbocycles. The quantitative estimate of drug-likeness (QED) is 0.111. The molecule has 0 aliphatic heterocycles. The number of aliphatic hydroxyl groups excluding tert-OH is 1. The number of rotatable bonds is 25. The lowest BCUT2D eigenvalue weighted by Crippen LogP contribution is -2.11. The molecule has 3 nitrogen and oxygen atoms in total. The maximum atomic E-state index is 10.9. The maximum absolute atomic E-state index is 10.9.